The van der Waals surface area contributed by atoms with Crippen LogP contribution < -0.4 is 4.72 Å². The topological polar surface area (TPSA) is 66.4 Å². The van der Waals surface area contributed by atoms with Gasteiger partial charge < -0.3 is 5.11 Å². The van der Waals surface area contributed by atoms with E-state index in [2.05, 4.69) is 11.6 Å². The number of aliphatic hydroxyl groups excluding tert-OH is 1. The molecule has 1 aromatic rings. The molecule has 21 heavy (non-hydrogen) atoms. The highest BCUT2D eigenvalue weighted by molar-refractivity contribution is 7.89. The Morgan fingerprint density at radius 3 is 2.81 bits per heavy atom. The third-order valence-corrected chi connectivity index (χ3v) is 6.15. The molecule has 0 radical (unpaired) electrons. The van der Waals surface area contributed by atoms with Gasteiger partial charge in [0.2, 0.25) is 10.0 Å². The third-order valence-electron chi connectivity index (χ3n) is 4.15. The smallest absolute Gasteiger partial charge is 0.242 e. The molecule has 4 nitrogen and oxygen atoms in total. The summed E-state index contributed by atoms with van der Waals surface area (Å²) < 4.78 is 27.8. The van der Waals surface area contributed by atoms with E-state index in [9.17, 15) is 8.42 Å². The molecule has 2 unspecified atom stereocenters. The van der Waals surface area contributed by atoms with Gasteiger partial charge in [-0.05, 0) is 36.5 Å². The Morgan fingerprint density at radius 1 is 1.38 bits per heavy atom. The highest BCUT2D eigenvalue weighted by Gasteiger charge is 2.27. The van der Waals surface area contributed by atoms with E-state index in [1.165, 1.54) is 18.6 Å². The van der Waals surface area contributed by atoms with E-state index in [0.717, 1.165) is 25.7 Å². The Bertz CT molecular complexity index is 589. The van der Waals surface area contributed by atoms with E-state index in [0.29, 0.717) is 11.5 Å². The van der Waals surface area contributed by atoms with Crippen molar-refractivity contribution in [2.45, 2.75) is 56.6 Å². The van der Waals surface area contributed by atoms with Crippen LogP contribution in [0.4, 0.5) is 0 Å². The van der Waals surface area contributed by atoms with Gasteiger partial charge in [0.25, 0.3) is 0 Å². The van der Waals surface area contributed by atoms with Gasteiger partial charge in [0.1, 0.15) is 4.90 Å². The number of sulfonamides is 1. The number of halogens is 1. The molecule has 0 bridgehead atoms. The predicted octanol–water partition coefficient (Wildman–Crippen LogP) is 3.08. The van der Waals surface area contributed by atoms with Gasteiger partial charge in [-0.25, -0.2) is 13.1 Å². The first-order valence-electron chi connectivity index (χ1n) is 7.38. The van der Waals surface area contributed by atoms with E-state index in [1.807, 2.05) is 0 Å². The Labute approximate surface area is 131 Å². The average molecular weight is 332 g/mol. The van der Waals surface area contributed by atoms with Crippen LogP contribution in [0.3, 0.4) is 0 Å². The minimum absolute atomic E-state index is 0.0254. The zero-order chi connectivity index (χ0) is 15.5. The summed E-state index contributed by atoms with van der Waals surface area (Å²) in [5.74, 6) is 0.589. The first-order chi connectivity index (χ1) is 9.96. The lowest BCUT2D eigenvalue weighted by atomic mass is 9.85. The highest BCUT2D eigenvalue weighted by atomic mass is 35.5. The number of hydrogen-bond donors (Lipinski definition) is 2. The minimum Gasteiger partial charge on any atom is -0.392 e. The summed E-state index contributed by atoms with van der Waals surface area (Å²) in [6, 6.07) is 4.54. The Hall–Kier alpha value is -0.620. The van der Waals surface area contributed by atoms with Crippen molar-refractivity contribution in [3.8, 4) is 0 Å². The lowest BCUT2D eigenvalue weighted by molar-refractivity contribution is 0.281. The van der Waals surface area contributed by atoms with Gasteiger partial charge in [0.05, 0.1) is 11.6 Å². The SMILES string of the molecule is CCC1CCCC(NS(=O)(=O)c2cc(CO)ccc2Cl)C1. The molecule has 2 rings (SSSR count). The van der Waals surface area contributed by atoms with Crippen LogP contribution in [0.25, 0.3) is 0 Å². The number of hydrogen-bond acceptors (Lipinski definition) is 3. The van der Waals surface area contributed by atoms with Crippen LogP contribution in [0.2, 0.25) is 5.02 Å². The Morgan fingerprint density at radius 2 is 2.14 bits per heavy atom. The minimum atomic E-state index is -3.65. The largest absolute Gasteiger partial charge is 0.392 e. The van der Waals surface area contributed by atoms with Crippen LogP contribution in [-0.4, -0.2) is 19.6 Å². The monoisotopic (exact) mass is 331 g/mol. The van der Waals surface area contributed by atoms with Gasteiger partial charge in [-0.2, -0.15) is 0 Å². The molecule has 0 aliphatic heterocycles. The van der Waals surface area contributed by atoms with E-state index in [4.69, 9.17) is 16.7 Å². The molecule has 2 atom stereocenters. The van der Waals surface area contributed by atoms with Gasteiger partial charge >= 0.3 is 0 Å². The molecule has 1 fully saturated rings. The van der Waals surface area contributed by atoms with Crippen LogP contribution in [-0.2, 0) is 16.6 Å². The molecule has 1 saturated carbocycles. The summed E-state index contributed by atoms with van der Waals surface area (Å²) in [5.41, 5.74) is 0.537. The van der Waals surface area contributed by atoms with Crippen molar-refractivity contribution < 1.29 is 13.5 Å². The normalized spacial score (nSPS) is 23.2. The fraction of sp³-hybridized carbons (Fsp3) is 0.600. The second-order valence-corrected chi connectivity index (χ2v) is 7.77. The molecule has 0 amide bonds. The Kier molecular flexibility index (Phi) is 5.66. The highest BCUT2D eigenvalue weighted by Crippen LogP contribution is 2.29. The zero-order valence-corrected chi connectivity index (χ0v) is 13.8. The van der Waals surface area contributed by atoms with Crippen molar-refractivity contribution in [2.75, 3.05) is 0 Å². The number of benzene rings is 1. The molecule has 1 aliphatic carbocycles. The number of rotatable bonds is 5. The molecular formula is C15H22ClNO3S. The van der Waals surface area contributed by atoms with Crippen LogP contribution in [0.5, 0.6) is 0 Å². The maximum absolute atomic E-state index is 12.5. The summed E-state index contributed by atoms with van der Waals surface area (Å²) in [5, 5.41) is 9.33. The molecule has 0 spiro atoms. The van der Waals surface area contributed by atoms with Crippen LogP contribution in [0.1, 0.15) is 44.6 Å². The molecule has 2 N–H and O–H groups in total. The van der Waals surface area contributed by atoms with Crippen molar-refractivity contribution in [2.24, 2.45) is 5.92 Å². The van der Waals surface area contributed by atoms with Gasteiger partial charge in [0, 0.05) is 6.04 Å². The molecule has 0 aromatic heterocycles. The molecule has 1 aliphatic rings. The lowest BCUT2D eigenvalue weighted by Crippen LogP contribution is -2.38. The van der Waals surface area contributed by atoms with E-state index < -0.39 is 10.0 Å². The summed E-state index contributed by atoms with van der Waals surface area (Å²) in [7, 11) is -3.65. The fourth-order valence-corrected chi connectivity index (χ4v) is 4.74. The zero-order valence-electron chi connectivity index (χ0n) is 12.2. The molecule has 0 saturated heterocycles. The van der Waals surface area contributed by atoms with Crippen LogP contribution >= 0.6 is 11.6 Å². The van der Waals surface area contributed by atoms with Gasteiger partial charge in [-0.3, -0.25) is 0 Å². The fourth-order valence-electron chi connectivity index (χ4n) is 2.90. The van der Waals surface area contributed by atoms with Crippen molar-refractivity contribution in [1.82, 2.24) is 4.72 Å². The maximum Gasteiger partial charge on any atom is 0.242 e. The molecule has 118 valence electrons. The summed E-state index contributed by atoms with van der Waals surface area (Å²) in [4.78, 5) is 0.0503. The van der Waals surface area contributed by atoms with E-state index in [-0.39, 0.29) is 22.6 Å². The standard InChI is InChI=1S/C15H22ClNO3S/c1-2-11-4-3-5-13(8-11)17-21(19,20)15-9-12(10-18)6-7-14(15)16/h6-7,9,11,13,17-18H,2-5,8,10H2,1H3. The predicted molar refractivity (Wildman–Crippen MR) is 83.7 cm³/mol. The summed E-state index contributed by atoms with van der Waals surface area (Å²) in [6.45, 7) is 1.93. The van der Waals surface area contributed by atoms with E-state index >= 15 is 0 Å². The molecule has 1 aromatic carbocycles. The summed E-state index contributed by atoms with van der Waals surface area (Å²) >= 11 is 6.01. The van der Waals surface area contributed by atoms with Crippen molar-refractivity contribution in [3.63, 3.8) is 0 Å². The molecule has 0 heterocycles. The Balaban J connectivity index is 2.18. The van der Waals surface area contributed by atoms with Crippen molar-refractivity contribution in [1.29, 1.82) is 0 Å². The first-order valence-corrected chi connectivity index (χ1v) is 9.24. The third kappa shape index (κ3) is 4.19. The second-order valence-electron chi connectivity index (χ2n) is 5.68. The number of nitrogens with one attached hydrogen (secondary N) is 1. The van der Waals surface area contributed by atoms with Crippen LogP contribution in [0.15, 0.2) is 23.1 Å². The van der Waals surface area contributed by atoms with Gasteiger partial charge in [-0.15, -0.1) is 0 Å². The van der Waals surface area contributed by atoms with Crippen LogP contribution in [0, 0.1) is 5.92 Å². The van der Waals surface area contributed by atoms with Crippen molar-refractivity contribution in [3.05, 3.63) is 28.8 Å². The second kappa shape index (κ2) is 7.09. The van der Waals surface area contributed by atoms with E-state index in [1.54, 1.807) is 6.07 Å². The molecule has 6 heteroatoms. The van der Waals surface area contributed by atoms with Gasteiger partial charge in [-0.1, -0.05) is 43.9 Å². The van der Waals surface area contributed by atoms with Gasteiger partial charge in [0.15, 0.2) is 0 Å². The first kappa shape index (κ1) is 16.7. The summed E-state index contributed by atoms with van der Waals surface area (Å²) in [6.07, 6.45) is 5.06. The van der Waals surface area contributed by atoms with Crippen molar-refractivity contribution >= 4 is 21.6 Å². The maximum atomic E-state index is 12.5. The average Bonchev–Trinajstić information content (AvgIpc) is 2.47. The number of aliphatic hydroxyl groups is 1. The molecular weight excluding hydrogens is 310 g/mol. The quantitative estimate of drug-likeness (QED) is 0.871. The lowest BCUT2D eigenvalue weighted by Gasteiger charge is -2.29.